The van der Waals surface area contributed by atoms with E-state index in [9.17, 15) is 0 Å². The normalized spacial score (nSPS) is 10.3. The highest BCUT2D eigenvalue weighted by Crippen LogP contribution is 2.33. The van der Waals surface area contributed by atoms with Crippen molar-refractivity contribution in [2.24, 2.45) is 0 Å². The van der Waals surface area contributed by atoms with Crippen LogP contribution in [0, 0.1) is 36.5 Å². The highest BCUT2D eigenvalue weighted by Gasteiger charge is 2.14. The molecular formula is C22H16N6O. The summed E-state index contributed by atoms with van der Waals surface area (Å²) in [6.07, 6.45) is 1.77. The van der Waals surface area contributed by atoms with Gasteiger partial charge in [-0.3, -0.25) is 0 Å². The molecule has 0 amide bonds. The van der Waals surface area contributed by atoms with Crippen molar-refractivity contribution in [2.75, 3.05) is 5.32 Å². The lowest BCUT2D eigenvalue weighted by atomic mass is 10.1. The van der Waals surface area contributed by atoms with Gasteiger partial charge in [0.25, 0.3) is 0 Å². The van der Waals surface area contributed by atoms with Gasteiger partial charge in [0.15, 0.2) is 0 Å². The minimum Gasteiger partial charge on any atom is -0.438 e. The summed E-state index contributed by atoms with van der Waals surface area (Å²) in [5.74, 6) is 1.43. The lowest BCUT2D eigenvalue weighted by Crippen LogP contribution is -2.01. The van der Waals surface area contributed by atoms with E-state index in [2.05, 4.69) is 32.4 Å². The number of H-pyrrole nitrogens is 1. The van der Waals surface area contributed by atoms with Crippen molar-refractivity contribution in [1.29, 1.82) is 10.5 Å². The minimum atomic E-state index is 0.364. The van der Waals surface area contributed by atoms with Gasteiger partial charge in [-0.15, -0.1) is 0 Å². The first-order chi connectivity index (χ1) is 14.1. The zero-order valence-corrected chi connectivity index (χ0v) is 15.8. The molecule has 0 aliphatic carbocycles. The number of nitrogens with zero attached hydrogens (tertiary/aromatic N) is 4. The van der Waals surface area contributed by atoms with Gasteiger partial charge in [0, 0.05) is 11.9 Å². The average Bonchev–Trinajstić information content (AvgIpc) is 3.20. The van der Waals surface area contributed by atoms with Crippen molar-refractivity contribution >= 4 is 22.7 Å². The zero-order valence-electron chi connectivity index (χ0n) is 15.8. The molecule has 29 heavy (non-hydrogen) atoms. The van der Waals surface area contributed by atoms with E-state index in [1.807, 2.05) is 19.9 Å². The van der Waals surface area contributed by atoms with E-state index in [1.54, 1.807) is 42.6 Å². The van der Waals surface area contributed by atoms with Crippen LogP contribution in [0.4, 0.5) is 11.6 Å². The lowest BCUT2D eigenvalue weighted by molar-refractivity contribution is 0.462. The highest BCUT2D eigenvalue weighted by molar-refractivity contribution is 5.82. The van der Waals surface area contributed by atoms with Gasteiger partial charge in [-0.2, -0.15) is 20.5 Å². The Balaban J connectivity index is 1.72. The number of aryl methyl sites for hydroxylation is 2. The first-order valence-corrected chi connectivity index (χ1v) is 8.89. The molecule has 7 heteroatoms. The summed E-state index contributed by atoms with van der Waals surface area (Å²) >= 11 is 0. The Morgan fingerprint density at radius 1 is 0.931 bits per heavy atom. The summed E-state index contributed by atoms with van der Waals surface area (Å²) in [6.45, 7) is 3.79. The van der Waals surface area contributed by atoms with Crippen LogP contribution < -0.4 is 10.1 Å². The number of fused-ring (bicyclic) bond motifs is 1. The van der Waals surface area contributed by atoms with Crippen LogP contribution in [0.3, 0.4) is 0 Å². The quantitative estimate of drug-likeness (QED) is 0.523. The second kappa shape index (κ2) is 7.34. The molecule has 2 aromatic heterocycles. The summed E-state index contributed by atoms with van der Waals surface area (Å²) in [5.41, 5.74) is 4.26. The van der Waals surface area contributed by atoms with Crippen LogP contribution in [0.5, 0.6) is 11.6 Å². The molecule has 4 aromatic rings. The zero-order chi connectivity index (χ0) is 20.4. The van der Waals surface area contributed by atoms with E-state index in [1.165, 1.54) is 0 Å². The number of aromatic nitrogens is 3. The summed E-state index contributed by atoms with van der Waals surface area (Å²) in [7, 11) is 0. The number of hydrogen-bond acceptors (Lipinski definition) is 6. The predicted octanol–water partition coefficient (Wildman–Crippen LogP) is 4.85. The Morgan fingerprint density at radius 3 is 2.28 bits per heavy atom. The van der Waals surface area contributed by atoms with Crippen molar-refractivity contribution in [1.82, 2.24) is 15.0 Å². The molecule has 0 aliphatic rings. The smallest absolute Gasteiger partial charge is 0.233 e. The molecule has 7 nitrogen and oxygen atoms in total. The lowest BCUT2D eigenvalue weighted by Gasteiger charge is -2.13. The third kappa shape index (κ3) is 3.58. The number of hydrogen-bond donors (Lipinski definition) is 2. The molecule has 2 heterocycles. The van der Waals surface area contributed by atoms with E-state index in [-0.39, 0.29) is 0 Å². The molecule has 0 aliphatic heterocycles. The Morgan fingerprint density at radius 2 is 1.62 bits per heavy atom. The fourth-order valence-electron chi connectivity index (χ4n) is 3.08. The summed E-state index contributed by atoms with van der Waals surface area (Å²) in [5, 5.41) is 22.0. The van der Waals surface area contributed by atoms with Gasteiger partial charge in [-0.25, -0.2) is 0 Å². The summed E-state index contributed by atoms with van der Waals surface area (Å²) < 4.78 is 6.16. The molecule has 0 saturated carbocycles. The third-order valence-electron chi connectivity index (χ3n) is 4.44. The molecule has 140 valence electrons. The topological polar surface area (TPSA) is 110 Å². The van der Waals surface area contributed by atoms with Crippen molar-refractivity contribution in [2.45, 2.75) is 13.8 Å². The van der Waals surface area contributed by atoms with Gasteiger partial charge in [0.1, 0.15) is 11.4 Å². The third-order valence-corrected chi connectivity index (χ3v) is 4.44. The maximum Gasteiger partial charge on any atom is 0.233 e. The molecule has 4 rings (SSSR count). The van der Waals surface area contributed by atoms with Crippen LogP contribution >= 0.6 is 0 Å². The standard InChI is InChI=1S/C22H16N6O/c1-13-9-16(12-24)10-14(2)19(13)29-21-18-7-8-25-20(18)27-22(28-21)26-17-5-3-15(11-23)4-6-17/h3-10H,1-2H3,(H2,25,26,27,28). The first-order valence-electron chi connectivity index (χ1n) is 8.89. The second-order valence-corrected chi connectivity index (χ2v) is 6.56. The van der Waals surface area contributed by atoms with Gasteiger partial charge in [-0.1, -0.05) is 0 Å². The Labute approximate surface area is 167 Å². The Kier molecular flexibility index (Phi) is 4.56. The minimum absolute atomic E-state index is 0.364. The maximum atomic E-state index is 9.15. The average molecular weight is 380 g/mol. The number of rotatable bonds is 4. The van der Waals surface area contributed by atoms with Gasteiger partial charge in [0.05, 0.1) is 28.7 Å². The highest BCUT2D eigenvalue weighted by atomic mass is 16.5. The van der Waals surface area contributed by atoms with Crippen molar-refractivity contribution in [3.8, 4) is 23.8 Å². The maximum absolute atomic E-state index is 9.15. The van der Waals surface area contributed by atoms with Crippen molar-refractivity contribution in [3.63, 3.8) is 0 Å². The monoisotopic (exact) mass is 380 g/mol. The Hall–Kier alpha value is -4.36. The van der Waals surface area contributed by atoms with Crippen LogP contribution in [-0.4, -0.2) is 15.0 Å². The van der Waals surface area contributed by atoms with Crippen LogP contribution in [0.2, 0.25) is 0 Å². The molecule has 0 unspecified atom stereocenters. The molecule has 0 fully saturated rings. The molecule has 0 spiro atoms. The molecule has 0 atom stereocenters. The van der Waals surface area contributed by atoms with Gasteiger partial charge in [-0.05, 0) is 67.4 Å². The summed E-state index contributed by atoms with van der Waals surface area (Å²) in [4.78, 5) is 12.1. The van der Waals surface area contributed by atoms with Gasteiger partial charge >= 0.3 is 0 Å². The van der Waals surface area contributed by atoms with E-state index >= 15 is 0 Å². The van der Waals surface area contributed by atoms with Crippen molar-refractivity contribution < 1.29 is 4.74 Å². The second-order valence-electron chi connectivity index (χ2n) is 6.56. The number of benzene rings is 2. The van der Waals surface area contributed by atoms with Crippen LogP contribution in [-0.2, 0) is 0 Å². The first kappa shape index (κ1) is 18.0. The van der Waals surface area contributed by atoms with E-state index in [4.69, 9.17) is 15.3 Å². The van der Waals surface area contributed by atoms with Gasteiger partial charge < -0.3 is 15.0 Å². The van der Waals surface area contributed by atoms with Gasteiger partial charge in [0.2, 0.25) is 11.8 Å². The Bertz CT molecular complexity index is 1270. The fraction of sp³-hybridized carbons (Fsp3) is 0.0909. The number of anilines is 2. The molecule has 0 saturated heterocycles. The number of nitriles is 2. The van der Waals surface area contributed by atoms with Crippen LogP contribution in [0.1, 0.15) is 22.3 Å². The number of nitrogens with one attached hydrogen (secondary N) is 2. The predicted molar refractivity (Wildman–Crippen MR) is 109 cm³/mol. The largest absolute Gasteiger partial charge is 0.438 e. The van der Waals surface area contributed by atoms with E-state index in [0.717, 1.165) is 22.2 Å². The molecule has 2 aromatic carbocycles. The van der Waals surface area contributed by atoms with Crippen molar-refractivity contribution in [3.05, 3.63) is 70.9 Å². The molecular weight excluding hydrogens is 364 g/mol. The molecule has 0 bridgehead atoms. The van der Waals surface area contributed by atoms with E-state index in [0.29, 0.717) is 34.4 Å². The molecule has 2 N–H and O–H groups in total. The van der Waals surface area contributed by atoms with E-state index < -0.39 is 0 Å². The fourth-order valence-corrected chi connectivity index (χ4v) is 3.08. The number of aromatic amines is 1. The number of ether oxygens (including phenoxy) is 1. The molecule has 0 radical (unpaired) electrons. The van der Waals surface area contributed by atoms with Crippen LogP contribution in [0.15, 0.2) is 48.7 Å². The summed E-state index contributed by atoms with van der Waals surface area (Å²) in [6, 6.07) is 16.7. The SMILES string of the molecule is Cc1cc(C#N)cc(C)c1Oc1nc(Nc2ccc(C#N)cc2)nc2[nH]ccc12. The van der Waals surface area contributed by atoms with Crippen LogP contribution in [0.25, 0.3) is 11.0 Å².